The molecule has 0 atom stereocenters. The summed E-state index contributed by atoms with van der Waals surface area (Å²) in [6, 6.07) is 7.59. The third-order valence-corrected chi connectivity index (χ3v) is 5.91. The Kier molecular flexibility index (Phi) is 3.25. The molecule has 3 nitrogen and oxygen atoms in total. The van der Waals surface area contributed by atoms with Crippen molar-refractivity contribution in [1.82, 2.24) is 0 Å². The molecule has 0 radical (unpaired) electrons. The Balaban J connectivity index is 1.43. The van der Waals surface area contributed by atoms with Gasteiger partial charge in [-0.1, -0.05) is 15.9 Å². The van der Waals surface area contributed by atoms with Crippen LogP contribution in [0.1, 0.15) is 38.5 Å². The van der Waals surface area contributed by atoms with E-state index in [0.717, 1.165) is 47.2 Å². The number of hydrogen-bond acceptors (Lipinski definition) is 2. The highest BCUT2D eigenvalue weighted by atomic mass is 79.9. The first-order valence-electron chi connectivity index (χ1n) is 7.86. The summed E-state index contributed by atoms with van der Waals surface area (Å²) in [6.07, 6.45) is 7.01. The zero-order valence-corrected chi connectivity index (χ0v) is 13.6. The van der Waals surface area contributed by atoms with Crippen LogP contribution in [0.2, 0.25) is 0 Å². The van der Waals surface area contributed by atoms with E-state index in [9.17, 15) is 4.79 Å². The zero-order valence-electron chi connectivity index (χ0n) is 12.0. The largest absolute Gasteiger partial charge is 0.443 e. The van der Waals surface area contributed by atoms with Gasteiger partial charge in [-0.05, 0) is 80.5 Å². The lowest BCUT2D eigenvalue weighted by molar-refractivity contribution is -0.124. The summed E-state index contributed by atoms with van der Waals surface area (Å²) in [4.78, 5) is 12.2. The molecule has 0 heterocycles. The molecule has 4 aliphatic rings. The summed E-state index contributed by atoms with van der Waals surface area (Å²) in [5.41, 5.74) is 0.613. The van der Waals surface area contributed by atoms with Crippen LogP contribution in [0.5, 0.6) is 0 Å². The van der Waals surface area contributed by atoms with Crippen molar-refractivity contribution >= 4 is 27.7 Å². The summed E-state index contributed by atoms with van der Waals surface area (Å²) in [7, 11) is 0. The summed E-state index contributed by atoms with van der Waals surface area (Å²) >= 11 is 3.39. The van der Waals surface area contributed by atoms with Crippen molar-refractivity contribution in [3.8, 4) is 0 Å². The van der Waals surface area contributed by atoms with Crippen LogP contribution in [-0.2, 0) is 4.74 Å². The maximum absolute atomic E-state index is 12.2. The molecule has 5 rings (SSSR count). The lowest BCUT2D eigenvalue weighted by atomic mass is 9.54. The Morgan fingerprint density at radius 1 is 1.05 bits per heavy atom. The minimum absolute atomic E-state index is 0.172. The summed E-state index contributed by atoms with van der Waals surface area (Å²) in [5, 5.41) is 2.86. The summed E-state index contributed by atoms with van der Waals surface area (Å²) < 4.78 is 6.93. The first kappa shape index (κ1) is 13.6. The number of carbonyl (C=O) groups is 1. The molecule has 21 heavy (non-hydrogen) atoms. The number of ether oxygens (including phenoxy) is 1. The lowest BCUT2D eigenvalue weighted by Crippen LogP contribution is -2.53. The van der Waals surface area contributed by atoms with Gasteiger partial charge in [-0.2, -0.15) is 0 Å². The highest BCUT2D eigenvalue weighted by Gasteiger charge is 2.53. The maximum atomic E-state index is 12.2. The second-order valence-corrected chi connectivity index (χ2v) is 8.04. The Morgan fingerprint density at radius 2 is 1.57 bits per heavy atom. The fraction of sp³-hybridized carbons (Fsp3) is 0.588. The fourth-order valence-electron chi connectivity index (χ4n) is 5.03. The topological polar surface area (TPSA) is 38.3 Å². The molecule has 4 bridgehead atoms. The zero-order chi connectivity index (χ0) is 14.4. The van der Waals surface area contributed by atoms with Crippen molar-refractivity contribution in [2.24, 2.45) is 17.8 Å². The van der Waals surface area contributed by atoms with Crippen molar-refractivity contribution in [3.05, 3.63) is 28.7 Å². The number of anilines is 1. The van der Waals surface area contributed by atoms with E-state index in [1.807, 2.05) is 24.3 Å². The SMILES string of the molecule is O=C(Nc1ccc(Br)cc1)OC12CC3CC(CC(C3)C1)C2. The number of halogens is 1. The fourth-order valence-corrected chi connectivity index (χ4v) is 5.29. The van der Waals surface area contributed by atoms with Gasteiger partial charge in [-0.25, -0.2) is 4.79 Å². The molecule has 1 aromatic carbocycles. The number of carbonyl (C=O) groups excluding carboxylic acids is 1. The highest BCUT2D eigenvalue weighted by Crippen LogP contribution is 2.57. The van der Waals surface area contributed by atoms with Gasteiger partial charge in [0.05, 0.1) is 0 Å². The minimum Gasteiger partial charge on any atom is -0.443 e. The number of nitrogens with one attached hydrogen (secondary N) is 1. The van der Waals surface area contributed by atoms with E-state index in [4.69, 9.17) is 4.74 Å². The predicted molar refractivity (Wildman–Crippen MR) is 85.1 cm³/mol. The first-order chi connectivity index (χ1) is 10.1. The van der Waals surface area contributed by atoms with Gasteiger partial charge in [0.25, 0.3) is 0 Å². The Morgan fingerprint density at radius 3 is 2.10 bits per heavy atom. The number of hydrogen-bond donors (Lipinski definition) is 1. The van der Waals surface area contributed by atoms with Crippen LogP contribution in [0.25, 0.3) is 0 Å². The van der Waals surface area contributed by atoms with Gasteiger partial charge in [0.15, 0.2) is 0 Å². The van der Waals surface area contributed by atoms with Gasteiger partial charge >= 0.3 is 6.09 Å². The van der Waals surface area contributed by atoms with Gasteiger partial charge in [0, 0.05) is 10.2 Å². The molecule has 0 spiro atoms. The molecular formula is C17H20BrNO2. The molecule has 0 aromatic heterocycles. The lowest BCUT2D eigenvalue weighted by Gasteiger charge is -2.55. The first-order valence-corrected chi connectivity index (χ1v) is 8.65. The van der Waals surface area contributed by atoms with E-state index in [0.29, 0.717) is 0 Å². The molecule has 1 aromatic rings. The van der Waals surface area contributed by atoms with Crippen molar-refractivity contribution < 1.29 is 9.53 Å². The Bertz CT molecular complexity index is 519. The number of amides is 1. The molecule has 0 unspecified atom stereocenters. The molecule has 1 amide bonds. The molecule has 1 N–H and O–H groups in total. The van der Waals surface area contributed by atoms with Gasteiger partial charge in [-0.3, -0.25) is 5.32 Å². The molecule has 4 heteroatoms. The summed E-state index contributed by atoms with van der Waals surface area (Å²) in [5.74, 6) is 2.37. The van der Waals surface area contributed by atoms with Gasteiger partial charge in [0.1, 0.15) is 5.60 Å². The van der Waals surface area contributed by atoms with Crippen molar-refractivity contribution in [2.45, 2.75) is 44.1 Å². The third-order valence-electron chi connectivity index (χ3n) is 5.38. The quantitative estimate of drug-likeness (QED) is 0.818. The van der Waals surface area contributed by atoms with Crippen LogP contribution in [0.4, 0.5) is 10.5 Å². The average Bonchev–Trinajstić information content (AvgIpc) is 2.39. The molecule has 4 aliphatic carbocycles. The Labute approximate surface area is 133 Å². The Hall–Kier alpha value is -1.03. The molecule has 0 saturated heterocycles. The van der Waals surface area contributed by atoms with E-state index < -0.39 is 0 Å². The van der Waals surface area contributed by atoms with Gasteiger partial charge < -0.3 is 4.74 Å². The molecular weight excluding hydrogens is 330 g/mol. The minimum atomic E-state index is -0.292. The van der Waals surface area contributed by atoms with Crippen LogP contribution < -0.4 is 5.32 Å². The normalized spacial score (nSPS) is 36.5. The van der Waals surface area contributed by atoms with Crippen molar-refractivity contribution in [3.63, 3.8) is 0 Å². The molecule has 0 aliphatic heterocycles. The molecule has 4 fully saturated rings. The van der Waals surface area contributed by atoms with Gasteiger partial charge in [-0.15, -0.1) is 0 Å². The van der Waals surface area contributed by atoms with E-state index in [-0.39, 0.29) is 11.7 Å². The van der Waals surface area contributed by atoms with Crippen molar-refractivity contribution in [1.29, 1.82) is 0 Å². The second-order valence-electron chi connectivity index (χ2n) is 7.12. The van der Waals surface area contributed by atoms with E-state index in [1.54, 1.807) is 0 Å². The highest BCUT2D eigenvalue weighted by molar-refractivity contribution is 9.10. The second kappa shape index (κ2) is 5.01. The standard InChI is InChI=1S/C17H20BrNO2/c18-14-1-3-15(4-2-14)19-16(20)21-17-8-11-5-12(9-17)7-13(6-11)10-17/h1-4,11-13H,5-10H2,(H,19,20). The van der Waals surface area contributed by atoms with E-state index in [1.165, 1.54) is 19.3 Å². The maximum Gasteiger partial charge on any atom is 0.412 e. The smallest absolute Gasteiger partial charge is 0.412 e. The monoisotopic (exact) mass is 349 g/mol. The third kappa shape index (κ3) is 2.70. The average molecular weight is 350 g/mol. The molecule has 4 saturated carbocycles. The molecule has 112 valence electrons. The van der Waals surface area contributed by atoms with Crippen LogP contribution in [0, 0.1) is 17.8 Å². The number of rotatable bonds is 2. The van der Waals surface area contributed by atoms with E-state index >= 15 is 0 Å². The number of benzene rings is 1. The predicted octanol–water partition coefficient (Wildman–Crippen LogP) is 4.97. The van der Waals surface area contributed by atoms with E-state index in [2.05, 4.69) is 21.2 Å². The summed E-state index contributed by atoms with van der Waals surface area (Å²) in [6.45, 7) is 0. The van der Waals surface area contributed by atoms with Gasteiger partial charge in [0.2, 0.25) is 0 Å². The van der Waals surface area contributed by atoms with Crippen LogP contribution in [-0.4, -0.2) is 11.7 Å². The van der Waals surface area contributed by atoms with Crippen molar-refractivity contribution in [2.75, 3.05) is 5.32 Å². The van der Waals surface area contributed by atoms with Crippen LogP contribution in [0.3, 0.4) is 0 Å². The van der Waals surface area contributed by atoms with Crippen LogP contribution >= 0.6 is 15.9 Å². The van der Waals surface area contributed by atoms with Crippen LogP contribution in [0.15, 0.2) is 28.7 Å².